The Labute approximate surface area is 142 Å². The first-order valence-electron chi connectivity index (χ1n) is 7.08. The van der Waals surface area contributed by atoms with Gasteiger partial charge in [-0.25, -0.2) is 4.79 Å². The third-order valence-electron chi connectivity index (χ3n) is 3.04. The van der Waals surface area contributed by atoms with Crippen molar-refractivity contribution in [2.45, 2.75) is 23.8 Å². The molecule has 0 bridgehead atoms. The van der Waals surface area contributed by atoms with Crippen molar-refractivity contribution in [1.82, 2.24) is 5.32 Å². The van der Waals surface area contributed by atoms with E-state index < -0.39 is 12.1 Å². The van der Waals surface area contributed by atoms with Crippen LogP contribution >= 0.6 is 27.7 Å². The molecule has 1 aromatic carbocycles. The summed E-state index contributed by atoms with van der Waals surface area (Å²) in [7, 11) is 0. The zero-order valence-corrected chi connectivity index (χ0v) is 14.5. The number of carbonyl (C=O) groups excluding carboxylic acids is 2. The number of thioether (sulfide) groups is 1. The Bertz CT molecular complexity index is 503. The number of halogens is 1. The molecule has 0 aliphatic carbocycles. The van der Waals surface area contributed by atoms with Crippen molar-refractivity contribution in [3.05, 3.63) is 28.7 Å². The average Bonchev–Trinajstić information content (AvgIpc) is 3.05. The number of hydrogen-bond donors (Lipinski definition) is 1. The first-order valence-corrected chi connectivity index (χ1v) is 8.86. The standard InChI is InChI=1S/C15H18BrNO4S/c16-11-3-5-12(6-4-11)22-9-7-17-14(18)10-21-15(19)13-2-1-8-20-13/h3-6,13H,1-2,7-10H2,(H,17,18)/t13-/m0/s1. The predicted molar refractivity (Wildman–Crippen MR) is 87.8 cm³/mol. The molecular weight excluding hydrogens is 370 g/mol. The summed E-state index contributed by atoms with van der Waals surface area (Å²) in [4.78, 5) is 24.3. The number of carbonyl (C=O) groups is 2. The van der Waals surface area contributed by atoms with Gasteiger partial charge in [0.2, 0.25) is 0 Å². The monoisotopic (exact) mass is 387 g/mol. The Hall–Kier alpha value is -1.05. The second kappa shape index (κ2) is 9.17. The Morgan fingerprint density at radius 1 is 1.36 bits per heavy atom. The molecule has 120 valence electrons. The van der Waals surface area contributed by atoms with Gasteiger partial charge in [-0.15, -0.1) is 11.8 Å². The summed E-state index contributed by atoms with van der Waals surface area (Å²) < 4.78 is 11.2. The van der Waals surface area contributed by atoms with Gasteiger partial charge in [0.15, 0.2) is 12.7 Å². The summed E-state index contributed by atoms with van der Waals surface area (Å²) in [6, 6.07) is 7.98. The molecule has 1 aromatic rings. The van der Waals surface area contributed by atoms with Crippen molar-refractivity contribution in [2.24, 2.45) is 0 Å². The number of nitrogens with one attached hydrogen (secondary N) is 1. The van der Waals surface area contributed by atoms with Crippen LogP contribution in [0.5, 0.6) is 0 Å². The van der Waals surface area contributed by atoms with Crippen molar-refractivity contribution in [2.75, 3.05) is 25.5 Å². The maximum atomic E-state index is 11.6. The van der Waals surface area contributed by atoms with Crippen LogP contribution in [0.2, 0.25) is 0 Å². The number of hydrogen-bond acceptors (Lipinski definition) is 5. The summed E-state index contributed by atoms with van der Waals surface area (Å²) in [5.41, 5.74) is 0. The molecule has 1 heterocycles. The van der Waals surface area contributed by atoms with Gasteiger partial charge < -0.3 is 14.8 Å². The number of ether oxygens (including phenoxy) is 2. The van der Waals surface area contributed by atoms with Crippen molar-refractivity contribution in [3.63, 3.8) is 0 Å². The molecule has 5 nitrogen and oxygen atoms in total. The Morgan fingerprint density at radius 3 is 2.82 bits per heavy atom. The van der Waals surface area contributed by atoms with Gasteiger partial charge in [-0.1, -0.05) is 15.9 Å². The van der Waals surface area contributed by atoms with E-state index in [1.165, 1.54) is 0 Å². The van der Waals surface area contributed by atoms with Crippen LogP contribution < -0.4 is 5.32 Å². The van der Waals surface area contributed by atoms with Crippen molar-refractivity contribution < 1.29 is 19.1 Å². The minimum absolute atomic E-state index is 0.248. The van der Waals surface area contributed by atoms with Crippen LogP contribution in [0.4, 0.5) is 0 Å². The molecule has 0 aromatic heterocycles. The SMILES string of the molecule is O=C(COC(=O)[C@@H]1CCCO1)NCCSc1ccc(Br)cc1. The van der Waals surface area contributed by atoms with Crippen LogP contribution in [0.1, 0.15) is 12.8 Å². The summed E-state index contributed by atoms with van der Waals surface area (Å²) in [6.07, 6.45) is 1.03. The van der Waals surface area contributed by atoms with Gasteiger partial charge in [-0.2, -0.15) is 0 Å². The maximum Gasteiger partial charge on any atom is 0.335 e. The van der Waals surface area contributed by atoms with E-state index in [4.69, 9.17) is 9.47 Å². The Balaban J connectivity index is 1.55. The Kier molecular flexibility index (Phi) is 7.21. The molecule has 7 heteroatoms. The quantitative estimate of drug-likeness (QED) is 0.442. The van der Waals surface area contributed by atoms with Crippen molar-refractivity contribution >= 4 is 39.6 Å². The fraction of sp³-hybridized carbons (Fsp3) is 0.467. The van der Waals surface area contributed by atoms with Crippen molar-refractivity contribution in [3.8, 4) is 0 Å². The Morgan fingerprint density at radius 2 is 2.14 bits per heavy atom. The highest BCUT2D eigenvalue weighted by Gasteiger charge is 2.25. The summed E-state index contributed by atoms with van der Waals surface area (Å²) in [5.74, 6) is 0.0206. The van der Waals surface area contributed by atoms with E-state index in [9.17, 15) is 9.59 Å². The van der Waals surface area contributed by atoms with Gasteiger partial charge in [0.05, 0.1) is 0 Å². The molecule has 2 rings (SSSR count). The largest absolute Gasteiger partial charge is 0.454 e. The predicted octanol–water partition coefficient (Wildman–Crippen LogP) is 2.38. The molecule has 0 spiro atoms. The fourth-order valence-corrected chi connectivity index (χ4v) is 2.97. The van der Waals surface area contributed by atoms with Gasteiger partial charge in [0.1, 0.15) is 0 Å². The third-order valence-corrected chi connectivity index (χ3v) is 4.59. The molecule has 1 N–H and O–H groups in total. The maximum absolute atomic E-state index is 11.6. The van der Waals surface area contributed by atoms with E-state index in [2.05, 4.69) is 21.2 Å². The first-order chi connectivity index (χ1) is 10.6. The lowest BCUT2D eigenvalue weighted by Crippen LogP contribution is -2.32. The van der Waals surface area contributed by atoms with E-state index in [1.807, 2.05) is 24.3 Å². The number of benzene rings is 1. The molecule has 1 aliphatic rings. The van der Waals surface area contributed by atoms with Crippen LogP contribution in [-0.4, -0.2) is 43.5 Å². The molecule has 0 saturated carbocycles. The van der Waals surface area contributed by atoms with E-state index in [1.54, 1.807) is 11.8 Å². The van der Waals surface area contributed by atoms with Gasteiger partial charge in [0.25, 0.3) is 5.91 Å². The minimum atomic E-state index is -0.499. The van der Waals surface area contributed by atoms with E-state index in [-0.39, 0.29) is 12.5 Å². The molecule has 1 fully saturated rings. The lowest BCUT2D eigenvalue weighted by molar-refractivity contribution is -0.157. The highest BCUT2D eigenvalue weighted by atomic mass is 79.9. The lowest BCUT2D eigenvalue weighted by atomic mass is 10.2. The molecule has 1 amide bonds. The van der Waals surface area contributed by atoms with Gasteiger partial charge in [-0.05, 0) is 37.1 Å². The van der Waals surface area contributed by atoms with E-state index in [0.717, 1.165) is 21.5 Å². The van der Waals surface area contributed by atoms with E-state index >= 15 is 0 Å². The lowest BCUT2D eigenvalue weighted by Gasteiger charge is -2.09. The highest BCUT2D eigenvalue weighted by Crippen LogP contribution is 2.19. The van der Waals surface area contributed by atoms with Crippen LogP contribution in [0, 0.1) is 0 Å². The zero-order chi connectivity index (χ0) is 15.8. The molecule has 1 aliphatic heterocycles. The van der Waals surface area contributed by atoms with Crippen LogP contribution in [-0.2, 0) is 19.1 Å². The minimum Gasteiger partial charge on any atom is -0.454 e. The van der Waals surface area contributed by atoms with Crippen LogP contribution in [0.15, 0.2) is 33.6 Å². The zero-order valence-electron chi connectivity index (χ0n) is 12.0. The summed E-state index contributed by atoms with van der Waals surface area (Å²) in [6.45, 7) is 0.859. The third kappa shape index (κ3) is 5.98. The second-order valence-corrected chi connectivity index (χ2v) is 6.85. The number of rotatable bonds is 7. The average molecular weight is 388 g/mol. The summed E-state index contributed by atoms with van der Waals surface area (Å²) >= 11 is 5.04. The molecule has 0 radical (unpaired) electrons. The summed E-state index contributed by atoms with van der Waals surface area (Å²) in [5, 5.41) is 2.72. The van der Waals surface area contributed by atoms with Gasteiger partial charge >= 0.3 is 5.97 Å². The van der Waals surface area contributed by atoms with Crippen LogP contribution in [0.3, 0.4) is 0 Å². The molecule has 1 saturated heterocycles. The smallest absolute Gasteiger partial charge is 0.335 e. The van der Waals surface area contributed by atoms with Crippen LogP contribution in [0.25, 0.3) is 0 Å². The van der Waals surface area contributed by atoms with Gasteiger partial charge in [-0.3, -0.25) is 4.79 Å². The number of esters is 1. The molecule has 1 atom stereocenters. The second-order valence-electron chi connectivity index (χ2n) is 4.76. The van der Waals surface area contributed by atoms with Gasteiger partial charge in [0, 0.05) is 28.3 Å². The number of amides is 1. The highest BCUT2D eigenvalue weighted by molar-refractivity contribution is 9.10. The topological polar surface area (TPSA) is 64.6 Å². The van der Waals surface area contributed by atoms with Crippen molar-refractivity contribution in [1.29, 1.82) is 0 Å². The first kappa shape index (κ1) is 17.3. The molecule has 22 heavy (non-hydrogen) atoms. The normalized spacial score (nSPS) is 17.2. The molecular formula is C15H18BrNO4S. The fourth-order valence-electron chi connectivity index (χ4n) is 1.93. The van der Waals surface area contributed by atoms with E-state index in [0.29, 0.717) is 19.6 Å². The molecule has 0 unspecified atom stereocenters.